The second kappa shape index (κ2) is 11.7. The summed E-state index contributed by atoms with van der Waals surface area (Å²) in [6.45, 7) is 4.20. The molecule has 35 heavy (non-hydrogen) atoms. The van der Waals surface area contributed by atoms with Crippen molar-refractivity contribution in [3.8, 4) is 17.2 Å². The highest BCUT2D eigenvalue weighted by atomic mass is 16.5. The molecule has 2 aromatic rings. The Hall–Kier alpha value is -4.34. The fraction of sp³-hybridized carbons (Fsp3) is 0.280. The number of nitrogens with one attached hydrogen (secondary N) is 1. The molecule has 2 aromatic carbocycles. The maximum Gasteiger partial charge on any atom is 0.341 e. The summed E-state index contributed by atoms with van der Waals surface area (Å²) in [6.07, 6.45) is 2.18. The fourth-order valence-corrected chi connectivity index (χ4v) is 3.24. The molecule has 10 nitrogen and oxygen atoms in total. The van der Waals surface area contributed by atoms with Crippen molar-refractivity contribution < 1.29 is 38.5 Å². The van der Waals surface area contributed by atoms with Gasteiger partial charge in [-0.2, -0.15) is 0 Å². The molecular formula is C25H26N2O8. The van der Waals surface area contributed by atoms with Crippen molar-refractivity contribution in [1.29, 1.82) is 0 Å². The number of carbonyl (C=O) groups excluding carboxylic acids is 3. The number of amides is 4. The minimum Gasteiger partial charge on any atom is -0.490 e. The van der Waals surface area contributed by atoms with E-state index in [1.54, 1.807) is 30.3 Å². The van der Waals surface area contributed by atoms with Gasteiger partial charge in [0.25, 0.3) is 11.8 Å². The lowest BCUT2D eigenvalue weighted by molar-refractivity contribution is -0.139. The van der Waals surface area contributed by atoms with Gasteiger partial charge < -0.3 is 19.3 Å². The number of hydrogen-bond acceptors (Lipinski definition) is 7. The Bertz CT molecular complexity index is 1140. The molecule has 0 aliphatic carbocycles. The summed E-state index contributed by atoms with van der Waals surface area (Å²) < 4.78 is 16.4. The molecule has 0 spiro atoms. The van der Waals surface area contributed by atoms with Gasteiger partial charge in [-0.3, -0.25) is 19.8 Å². The van der Waals surface area contributed by atoms with Crippen LogP contribution in [0.3, 0.4) is 0 Å². The fourth-order valence-electron chi connectivity index (χ4n) is 3.24. The number of imide groups is 2. The van der Waals surface area contributed by atoms with Gasteiger partial charge in [-0.1, -0.05) is 25.1 Å². The summed E-state index contributed by atoms with van der Waals surface area (Å²) in [6, 6.07) is 10.5. The highest BCUT2D eigenvalue weighted by molar-refractivity contribution is 6.30. The summed E-state index contributed by atoms with van der Waals surface area (Å²) in [7, 11) is 0. The Morgan fingerprint density at radius 3 is 2.40 bits per heavy atom. The van der Waals surface area contributed by atoms with E-state index in [1.807, 2.05) is 13.8 Å². The average molecular weight is 482 g/mol. The van der Waals surface area contributed by atoms with Crippen molar-refractivity contribution in [3.63, 3.8) is 0 Å². The average Bonchev–Trinajstić information content (AvgIpc) is 2.83. The normalized spacial score (nSPS) is 14.6. The molecule has 0 radical (unpaired) electrons. The molecule has 0 unspecified atom stereocenters. The molecule has 1 saturated heterocycles. The number of carbonyl (C=O) groups is 4. The van der Waals surface area contributed by atoms with Gasteiger partial charge in [-0.15, -0.1) is 0 Å². The van der Waals surface area contributed by atoms with E-state index in [0.717, 1.165) is 11.3 Å². The Morgan fingerprint density at radius 2 is 1.74 bits per heavy atom. The number of aliphatic carboxylic acids is 1. The van der Waals surface area contributed by atoms with E-state index < -0.39 is 30.4 Å². The lowest BCUT2D eigenvalue weighted by atomic mass is 10.1. The molecule has 1 fully saturated rings. The topological polar surface area (TPSA) is 131 Å². The van der Waals surface area contributed by atoms with Gasteiger partial charge in [0.15, 0.2) is 18.1 Å². The smallest absolute Gasteiger partial charge is 0.341 e. The third kappa shape index (κ3) is 6.59. The Morgan fingerprint density at radius 1 is 1.00 bits per heavy atom. The van der Waals surface area contributed by atoms with Crippen LogP contribution in [-0.2, 0) is 20.9 Å². The van der Waals surface area contributed by atoms with Gasteiger partial charge in [-0.25, -0.2) is 9.59 Å². The molecule has 4 amide bonds. The first-order valence-electron chi connectivity index (χ1n) is 11.0. The summed E-state index contributed by atoms with van der Waals surface area (Å²) in [4.78, 5) is 49.4. The zero-order chi connectivity index (χ0) is 25.4. The van der Waals surface area contributed by atoms with Gasteiger partial charge >= 0.3 is 12.0 Å². The van der Waals surface area contributed by atoms with E-state index >= 15 is 0 Å². The quantitative estimate of drug-likeness (QED) is 0.369. The number of nitrogens with zero attached hydrogens (tertiary/aromatic N) is 1. The maximum absolute atomic E-state index is 13.0. The second-order valence-corrected chi connectivity index (χ2v) is 7.52. The summed E-state index contributed by atoms with van der Waals surface area (Å²) >= 11 is 0. The Labute approximate surface area is 202 Å². The van der Waals surface area contributed by atoms with Gasteiger partial charge in [0.05, 0.1) is 19.8 Å². The largest absolute Gasteiger partial charge is 0.490 e. The van der Waals surface area contributed by atoms with Crippen LogP contribution >= 0.6 is 0 Å². The summed E-state index contributed by atoms with van der Waals surface area (Å²) in [5, 5.41) is 10.9. The highest BCUT2D eigenvalue weighted by Crippen LogP contribution is 2.30. The molecule has 3 rings (SSSR count). The van der Waals surface area contributed by atoms with Crippen LogP contribution in [0.25, 0.3) is 6.08 Å². The minimum absolute atomic E-state index is 0.0780. The monoisotopic (exact) mass is 482 g/mol. The molecule has 10 heteroatoms. The van der Waals surface area contributed by atoms with E-state index in [9.17, 15) is 19.2 Å². The molecule has 0 atom stereocenters. The molecule has 0 bridgehead atoms. The number of rotatable bonds is 11. The minimum atomic E-state index is -1.11. The molecular weight excluding hydrogens is 456 g/mol. The molecule has 2 N–H and O–H groups in total. The zero-order valence-electron chi connectivity index (χ0n) is 19.4. The van der Waals surface area contributed by atoms with Crippen LogP contribution in [0.15, 0.2) is 48.0 Å². The van der Waals surface area contributed by atoms with Crippen molar-refractivity contribution in [3.05, 3.63) is 59.2 Å². The van der Waals surface area contributed by atoms with E-state index in [0.29, 0.717) is 41.6 Å². The van der Waals surface area contributed by atoms with Crippen LogP contribution in [0, 0.1) is 0 Å². The van der Waals surface area contributed by atoms with E-state index in [-0.39, 0.29) is 12.1 Å². The van der Waals surface area contributed by atoms with E-state index in [4.69, 9.17) is 19.3 Å². The van der Waals surface area contributed by atoms with Crippen LogP contribution in [-0.4, -0.2) is 53.6 Å². The number of urea groups is 1. The Kier molecular flexibility index (Phi) is 8.44. The van der Waals surface area contributed by atoms with Crippen molar-refractivity contribution in [2.75, 3.05) is 19.8 Å². The highest BCUT2D eigenvalue weighted by Gasteiger charge is 2.35. The number of hydrogen-bond donors (Lipinski definition) is 2. The molecule has 1 aliphatic rings. The zero-order valence-corrected chi connectivity index (χ0v) is 19.4. The molecule has 0 saturated carbocycles. The number of benzene rings is 2. The standard InChI is InChI=1S/C25H26N2O8/c1-3-11-34-20-10-7-17(13-21(20)33-4-2)14-27-24(31)19(23(30)26-25(27)32)12-16-5-8-18(9-6-16)35-15-22(28)29/h5-10,12-13H,3-4,11,14-15H2,1-2H3,(H,28,29)(H,26,30,32)/b19-12+. The third-order valence-electron chi connectivity index (χ3n) is 4.85. The van der Waals surface area contributed by atoms with Gasteiger partial charge in [0.1, 0.15) is 11.3 Å². The first-order chi connectivity index (χ1) is 16.8. The predicted molar refractivity (Wildman–Crippen MR) is 125 cm³/mol. The molecule has 0 aromatic heterocycles. The van der Waals surface area contributed by atoms with Crippen LogP contribution in [0.1, 0.15) is 31.4 Å². The first-order valence-corrected chi connectivity index (χ1v) is 11.0. The van der Waals surface area contributed by atoms with Gasteiger partial charge in [-0.05, 0) is 54.8 Å². The maximum atomic E-state index is 13.0. The lowest BCUT2D eigenvalue weighted by Crippen LogP contribution is -2.53. The summed E-state index contributed by atoms with van der Waals surface area (Å²) in [5.41, 5.74) is 0.905. The van der Waals surface area contributed by atoms with Crippen molar-refractivity contribution >= 4 is 29.9 Å². The molecule has 184 valence electrons. The van der Waals surface area contributed by atoms with Crippen LogP contribution < -0.4 is 19.5 Å². The second-order valence-electron chi connectivity index (χ2n) is 7.52. The number of carboxylic acids is 1. The third-order valence-corrected chi connectivity index (χ3v) is 4.85. The van der Waals surface area contributed by atoms with Gasteiger partial charge in [0, 0.05) is 0 Å². The molecule has 1 heterocycles. The van der Waals surface area contributed by atoms with E-state index in [2.05, 4.69) is 5.32 Å². The number of barbiturate groups is 1. The molecule has 1 aliphatic heterocycles. The Balaban J connectivity index is 1.79. The van der Waals surface area contributed by atoms with Crippen LogP contribution in [0.2, 0.25) is 0 Å². The van der Waals surface area contributed by atoms with Crippen LogP contribution in [0.4, 0.5) is 4.79 Å². The summed E-state index contributed by atoms with van der Waals surface area (Å²) in [5.74, 6) is -1.27. The number of carboxylic acid groups (broad SMARTS) is 1. The van der Waals surface area contributed by atoms with E-state index in [1.165, 1.54) is 18.2 Å². The first kappa shape index (κ1) is 25.3. The van der Waals surface area contributed by atoms with Crippen molar-refractivity contribution in [2.24, 2.45) is 0 Å². The lowest BCUT2D eigenvalue weighted by Gasteiger charge is -2.26. The van der Waals surface area contributed by atoms with Crippen molar-refractivity contribution in [1.82, 2.24) is 10.2 Å². The van der Waals surface area contributed by atoms with Gasteiger partial charge in [0.2, 0.25) is 0 Å². The predicted octanol–water partition coefficient (Wildman–Crippen LogP) is 3.00. The SMILES string of the molecule is CCCOc1ccc(CN2C(=O)NC(=O)/C(=C\c3ccc(OCC(=O)O)cc3)C2=O)cc1OCC. The van der Waals surface area contributed by atoms with Crippen molar-refractivity contribution in [2.45, 2.75) is 26.8 Å². The van der Waals surface area contributed by atoms with Crippen LogP contribution in [0.5, 0.6) is 17.2 Å². The number of ether oxygens (including phenoxy) is 3.